The van der Waals surface area contributed by atoms with Crippen LogP contribution in [-0.2, 0) is 21.4 Å². The summed E-state index contributed by atoms with van der Waals surface area (Å²) in [7, 11) is -3.54. The number of pyridine rings is 1. The Morgan fingerprint density at radius 3 is 2.67 bits per heavy atom. The molecule has 0 radical (unpaired) electrons. The first-order valence-corrected chi connectivity index (χ1v) is 9.38. The summed E-state index contributed by atoms with van der Waals surface area (Å²) < 4.78 is 25.0. The summed E-state index contributed by atoms with van der Waals surface area (Å²) in [6, 6.07) is 8.54. The Bertz CT molecular complexity index is 826. The van der Waals surface area contributed by atoms with E-state index in [2.05, 4.69) is 10.3 Å². The Balaban J connectivity index is 2.10. The van der Waals surface area contributed by atoms with Crippen molar-refractivity contribution < 1.29 is 13.2 Å². The molecular weight excluding hydrogens is 350 g/mol. The quantitative estimate of drug-likeness (QED) is 0.850. The minimum absolute atomic E-state index is 0.0830. The van der Waals surface area contributed by atoms with E-state index in [0.717, 1.165) is 16.1 Å². The Hall–Kier alpha value is -1.96. The van der Waals surface area contributed by atoms with Gasteiger partial charge in [0.25, 0.3) is 0 Å². The number of carbonyl (C=O) groups excluding carboxylic acids is 1. The molecule has 24 heavy (non-hydrogen) atoms. The van der Waals surface area contributed by atoms with Crippen LogP contribution in [0.3, 0.4) is 0 Å². The Morgan fingerprint density at radius 1 is 1.33 bits per heavy atom. The molecule has 6 nitrogen and oxygen atoms in total. The van der Waals surface area contributed by atoms with Gasteiger partial charge in [0.2, 0.25) is 15.9 Å². The van der Waals surface area contributed by atoms with E-state index in [9.17, 15) is 13.2 Å². The summed E-state index contributed by atoms with van der Waals surface area (Å²) in [5, 5.41) is 3.28. The first kappa shape index (κ1) is 18.4. The molecule has 8 heteroatoms. The third kappa shape index (κ3) is 5.30. The van der Waals surface area contributed by atoms with Crippen molar-refractivity contribution >= 4 is 33.2 Å². The van der Waals surface area contributed by atoms with Crippen molar-refractivity contribution in [2.45, 2.75) is 13.5 Å². The molecule has 0 aliphatic heterocycles. The maximum Gasteiger partial charge on any atom is 0.239 e. The fraction of sp³-hybridized carbons (Fsp3) is 0.250. The van der Waals surface area contributed by atoms with E-state index in [0.29, 0.717) is 16.3 Å². The highest BCUT2D eigenvalue weighted by molar-refractivity contribution is 7.88. The summed E-state index contributed by atoms with van der Waals surface area (Å²) in [4.78, 5) is 16.2. The van der Waals surface area contributed by atoms with Gasteiger partial charge in [-0.15, -0.1) is 0 Å². The predicted octanol–water partition coefficient (Wildman–Crippen LogP) is 2.44. The molecular formula is C16H18ClN3O3S. The van der Waals surface area contributed by atoms with E-state index < -0.39 is 15.9 Å². The molecule has 1 heterocycles. The first-order chi connectivity index (χ1) is 11.3. The van der Waals surface area contributed by atoms with Crippen LogP contribution in [0.2, 0.25) is 5.02 Å². The van der Waals surface area contributed by atoms with E-state index in [1.807, 2.05) is 6.92 Å². The maximum absolute atomic E-state index is 12.2. The Morgan fingerprint density at radius 2 is 2.08 bits per heavy atom. The Kier molecular flexibility index (Phi) is 5.93. The highest BCUT2D eigenvalue weighted by atomic mass is 35.5. The molecule has 0 aliphatic carbocycles. The van der Waals surface area contributed by atoms with Crippen LogP contribution in [-0.4, -0.2) is 36.4 Å². The summed E-state index contributed by atoms with van der Waals surface area (Å²) in [5.41, 5.74) is 2.10. The Labute approximate surface area is 146 Å². The van der Waals surface area contributed by atoms with E-state index >= 15 is 0 Å². The topological polar surface area (TPSA) is 79.4 Å². The molecule has 1 N–H and O–H groups in total. The van der Waals surface area contributed by atoms with Crippen LogP contribution < -0.4 is 5.32 Å². The minimum Gasteiger partial charge on any atom is -0.325 e. The second kappa shape index (κ2) is 7.74. The number of rotatable bonds is 6. The normalized spacial score (nSPS) is 11.5. The number of nitrogens with one attached hydrogen (secondary N) is 1. The SMILES string of the molecule is Cc1cc(Cl)ccc1NC(=O)CN(Cc1cccnc1)S(C)(=O)=O. The summed E-state index contributed by atoms with van der Waals surface area (Å²) in [5.74, 6) is -0.422. The fourth-order valence-corrected chi connectivity index (χ4v) is 3.06. The second-order valence-electron chi connectivity index (χ2n) is 5.40. The highest BCUT2D eigenvalue weighted by Gasteiger charge is 2.21. The monoisotopic (exact) mass is 367 g/mol. The zero-order valence-electron chi connectivity index (χ0n) is 13.4. The number of aromatic nitrogens is 1. The number of hydrogen-bond donors (Lipinski definition) is 1. The van der Waals surface area contributed by atoms with Gasteiger partial charge in [0, 0.05) is 29.6 Å². The molecule has 0 unspecified atom stereocenters. The van der Waals surface area contributed by atoms with Crippen molar-refractivity contribution in [3.8, 4) is 0 Å². The highest BCUT2D eigenvalue weighted by Crippen LogP contribution is 2.19. The number of amides is 1. The van der Waals surface area contributed by atoms with Crippen molar-refractivity contribution in [1.82, 2.24) is 9.29 Å². The van der Waals surface area contributed by atoms with Gasteiger partial charge in [0.05, 0.1) is 12.8 Å². The van der Waals surface area contributed by atoms with Crippen molar-refractivity contribution in [2.24, 2.45) is 0 Å². The molecule has 1 amide bonds. The molecule has 2 aromatic rings. The maximum atomic E-state index is 12.2. The van der Waals surface area contributed by atoms with Crippen LogP contribution in [0, 0.1) is 6.92 Å². The van der Waals surface area contributed by atoms with Gasteiger partial charge < -0.3 is 5.32 Å². The number of nitrogens with zero attached hydrogens (tertiary/aromatic N) is 2. The van der Waals surface area contributed by atoms with E-state index in [4.69, 9.17) is 11.6 Å². The number of anilines is 1. The van der Waals surface area contributed by atoms with Gasteiger partial charge in [-0.05, 0) is 42.3 Å². The molecule has 2 rings (SSSR count). The zero-order chi connectivity index (χ0) is 17.7. The van der Waals surface area contributed by atoms with E-state index in [1.54, 1.807) is 42.7 Å². The van der Waals surface area contributed by atoms with E-state index in [1.165, 1.54) is 0 Å². The fourth-order valence-electron chi connectivity index (χ4n) is 2.10. The lowest BCUT2D eigenvalue weighted by Crippen LogP contribution is -2.37. The van der Waals surface area contributed by atoms with Crippen LogP contribution in [0.15, 0.2) is 42.7 Å². The average molecular weight is 368 g/mol. The number of aryl methyl sites for hydroxylation is 1. The number of halogens is 1. The largest absolute Gasteiger partial charge is 0.325 e. The summed E-state index contributed by atoms with van der Waals surface area (Å²) in [6.07, 6.45) is 4.24. The van der Waals surface area contributed by atoms with Crippen LogP contribution in [0.4, 0.5) is 5.69 Å². The van der Waals surface area contributed by atoms with Crippen LogP contribution in [0.1, 0.15) is 11.1 Å². The van der Waals surface area contributed by atoms with Crippen molar-refractivity contribution in [3.05, 3.63) is 58.9 Å². The lowest BCUT2D eigenvalue weighted by Gasteiger charge is -2.19. The van der Waals surface area contributed by atoms with Crippen LogP contribution in [0.25, 0.3) is 0 Å². The van der Waals surface area contributed by atoms with Gasteiger partial charge in [-0.25, -0.2) is 8.42 Å². The molecule has 0 bridgehead atoms. The van der Waals surface area contributed by atoms with Crippen molar-refractivity contribution in [3.63, 3.8) is 0 Å². The number of sulfonamides is 1. The third-order valence-electron chi connectivity index (χ3n) is 3.33. The lowest BCUT2D eigenvalue weighted by atomic mass is 10.2. The molecule has 1 aromatic carbocycles. The number of carbonyl (C=O) groups is 1. The molecule has 128 valence electrons. The molecule has 1 aromatic heterocycles. The molecule has 0 fully saturated rings. The molecule has 0 saturated carbocycles. The molecule has 0 aliphatic rings. The van der Waals surface area contributed by atoms with Gasteiger partial charge in [-0.2, -0.15) is 4.31 Å². The zero-order valence-corrected chi connectivity index (χ0v) is 14.9. The first-order valence-electron chi connectivity index (χ1n) is 7.16. The van der Waals surface area contributed by atoms with Gasteiger partial charge in [-0.1, -0.05) is 17.7 Å². The third-order valence-corrected chi connectivity index (χ3v) is 4.76. The minimum atomic E-state index is -3.54. The lowest BCUT2D eigenvalue weighted by molar-refractivity contribution is -0.116. The van der Waals surface area contributed by atoms with Crippen molar-refractivity contribution in [1.29, 1.82) is 0 Å². The summed E-state index contributed by atoms with van der Waals surface area (Å²) in [6.45, 7) is 1.61. The standard InChI is InChI=1S/C16H18ClN3O3S/c1-12-8-14(17)5-6-15(12)19-16(21)11-20(24(2,22)23)10-13-4-3-7-18-9-13/h3-9H,10-11H2,1-2H3,(H,19,21). The number of hydrogen-bond acceptors (Lipinski definition) is 4. The second-order valence-corrected chi connectivity index (χ2v) is 7.82. The van der Waals surface area contributed by atoms with Gasteiger partial charge in [0.15, 0.2) is 0 Å². The van der Waals surface area contributed by atoms with Crippen molar-refractivity contribution in [2.75, 3.05) is 18.1 Å². The van der Waals surface area contributed by atoms with Gasteiger partial charge in [-0.3, -0.25) is 9.78 Å². The average Bonchev–Trinajstić information content (AvgIpc) is 2.49. The molecule has 0 saturated heterocycles. The van der Waals surface area contributed by atoms with E-state index in [-0.39, 0.29) is 13.1 Å². The molecule has 0 spiro atoms. The van der Waals surface area contributed by atoms with Crippen LogP contribution >= 0.6 is 11.6 Å². The summed E-state index contributed by atoms with van der Waals surface area (Å²) >= 11 is 5.88. The van der Waals surface area contributed by atoms with Gasteiger partial charge >= 0.3 is 0 Å². The van der Waals surface area contributed by atoms with Gasteiger partial charge in [0.1, 0.15) is 0 Å². The predicted molar refractivity (Wildman–Crippen MR) is 94.3 cm³/mol. The molecule has 0 atom stereocenters. The number of benzene rings is 1. The smallest absolute Gasteiger partial charge is 0.239 e. The van der Waals surface area contributed by atoms with Crippen LogP contribution in [0.5, 0.6) is 0 Å².